The lowest BCUT2D eigenvalue weighted by Gasteiger charge is -2.17. The minimum atomic E-state index is -0.479. The van der Waals surface area contributed by atoms with Crippen molar-refractivity contribution in [1.29, 1.82) is 0 Å². The Morgan fingerprint density at radius 3 is 2.48 bits per heavy atom. The van der Waals surface area contributed by atoms with Crippen LogP contribution in [-0.2, 0) is 16.1 Å². The van der Waals surface area contributed by atoms with Gasteiger partial charge < -0.3 is 4.90 Å². The second-order valence-corrected chi connectivity index (χ2v) is 8.11. The molecule has 0 aromatic heterocycles. The molecule has 0 aliphatic carbocycles. The fourth-order valence-corrected chi connectivity index (χ4v) is 3.75. The Morgan fingerprint density at radius 1 is 1.07 bits per heavy atom. The van der Waals surface area contributed by atoms with Crippen LogP contribution in [0.3, 0.4) is 0 Å². The molecule has 1 aliphatic rings. The Hall–Kier alpha value is -2.53. The van der Waals surface area contributed by atoms with Gasteiger partial charge in [0, 0.05) is 23.1 Å². The number of nitrogens with zero attached hydrogens (tertiary/aromatic N) is 1. The molecule has 2 aromatic rings. The first-order chi connectivity index (χ1) is 13.9. The number of hydrazine groups is 1. The van der Waals surface area contributed by atoms with E-state index in [0.29, 0.717) is 18.7 Å². The molecular weight excluding hydrogens is 503 g/mol. The number of amides is 3. The predicted octanol–water partition coefficient (Wildman–Crippen LogP) is 1.98. The Labute approximate surface area is 187 Å². The van der Waals surface area contributed by atoms with Gasteiger partial charge in [-0.3, -0.25) is 30.6 Å². The average molecular weight is 522 g/mol. The summed E-state index contributed by atoms with van der Waals surface area (Å²) in [6.07, 6.45) is 0.141. The van der Waals surface area contributed by atoms with Gasteiger partial charge in [0.2, 0.25) is 11.8 Å². The summed E-state index contributed by atoms with van der Waals surface area (Å²) in [5.41, 5.74) is 6.50. The summed E-state index contributed by atoms with van der Waals surface area (Å²) in [6.45, 7) is 0.809. The molecule has 0 saturated carbocycles. The van der Waals surface area contributed by atoms with E-state index in [9.17, 15) is 14.4 Å². The van der Waals surface area contributed by atoms with E-state index in [0.717, 1.165) is 9.13 Å². The first-order valence-electron chi connectivity index (χ1n) is 8.91. The summed E-state index contributed by atoms with van der Waals surface area (Å²) in [7, 11) is 0. The Kier molecular flexibility index (Phi) is 7.15. The molecule has 1 unspecified atom stereocenters. The van der Waals surface area contributed by atoms with Crippen molar-refractivity contribution in [3.63, 3.8) is 0 Å². The lowest BCUT2D eigenvalue weighted by Crippen LogP contribution is -2.50. The Morgan fingerprint density at radius 2 is 1.76 bits per heavy atom. The van der Waals surface area contributed by atoms with Crippen LogP contribution in [0.25, 0.3) is 0 Å². The number of benzene rings is 2. The minimum Gasteiger partial charge on any atom is -0.338 e. The highest BCUT2D eigenvalue weighted by atomic mass is 127. The van der Waals surface area contributed by atoms with E-state index >= 15 is 0 Å². The van der Waals surface area contributed by atoms with Crippen molar-refractivity contribution < 1.29 is 14.4 Å². The van der Waals surface area contributed by atoms with E-state index in [1.54, 1.807) is 17.0 Å². The third-order valence-corrected chi connectivity index (χ3v) is 5.59. The number of carbonyl (C=O) groups is 3. The molecule has 150 valence electrons. The first-order valence-corrected chi connectivity index (χ1v) is 10.4. The lowest BCUT2D eigenvalue weighted by molar-refractivity contribution is -0.129. The SMILES string of the molecule is O=C(NC(=S)NNC(=O)C1CC(=O)N(Cc2ccccc2)C1)c1ccccc1I. The van der Waals surface area contributed by atoms with Gasteiger partial charge in [-0.2, -0.15) is 0 Å². The van der Waals surface area contributed by atoms with Gasteiger partial charge in [0.25, 0.3) is 5.91 Å². The highest BCUT2D eigenvalue weighted by Crippen LogP contribution is 2.20. The monoisotopic (exact) mass is 522 g/mol. The molecule has 7 nitrogen and oxygen atoms in total. The van der Waals surface area contributed by atoms with Crippen molar-refractivity contribution in [1.82, 2.24) is 21.1 Å². The average Bonchev–Trinajstić information content (AvgIpc) is 3.07. The number of rotatable bonds is 4. The summed E-state index contributed by atoms with van der Waals surface area (Å²) in [6, 6.07) is 16.7. The molecule has 3 amide bonds. The molecule has 2 aromatic carbocycles. The van der Waals surface area contributed by atoms with Crippen LogP contribution >= 0.6 is 34.8 Å². The highest BCUT2D eigenvalue weighted by Gasteiger charge is 2.34. The molecule has 0 radical (unpaired) electrons. The molecule has 1 saturated heterocycles. The smallest absolute Gasteiger partial charge is 0.258 e. The van der Waals surface area contributed by atoms with Gasteiger partial charge >= 0.3 is 0 Å². The molecule has 1 heterocycles. The number of hydrogen-bond acceptors (Lipinski definition) is 4. The van der Waals surface area contributed by atoms with E-state index in [2.05, 4.69) is 38.8 Å². The van der Waals surface area contributed by atoms with Crippen LogP contribution in [0.4, 0.5) is 0 Å². The molecule has 0 bridgehead atoms. The minimum absolute atomic E-state index is 0.0199. The maximum absolute atomic E-state index is 12.4. The maximum Gasteiger partial charge on any atom is 0.258 e. The lowest BCUT2D eigenvalue weighted by atomic mass is 10.1. The van der Waals surface area contributed by atoms with Crippen LogP contribution in [0.1, 0.15) is 22.3 Å². The highest BCUT2D eigenvalue weighted by molar-refractivity contribution is 14.1. The summed E-state index contributed by atoms with van der Waals surface area (Å²) < 4.78 is 0.789. The standard InChI is InChI=1S/C20H19IN4O3S/c21-16-9-5-4-8-15(16)19(28)22-20(29)24-23-18(27)14-10-17(26)25(12-14)11-13-6-2-1-3-7-13/h1-9,14H,10-12H2,(H,23,27)(H2,22,24,28,29). The molecule has 3 rings (SSSR count). The topological polar surface area (TPSA) is 90.5 Å². The summed E-state index contributed by atoms with van der Waals surface area (Å²) in [5, 5.41) is 2.50. The van der Waals surface area contributed by atoms with Crippen LogP contribution in [0.15, 0.2) is 54.6 Å². The van der Waals surface area contributed by atoms with Crippen molar-refractivity contribution >= 4 is 57.6 Å². The third kappa shape index (κ3) is 5.73. The van der Waals surface area contributed by atoms with Gasteiger partial charge in [0.1, 0.15) is 0 Å². The van der Waals surface area contributed by atoms with Crippen LogP contribution in [0.5, 0.6) is 0 Å². The van der Waals surface area contributed by atoms with Gasteiger partial charge in [-0.1, -0.05) is 42.5 Å². The molecule has 3 N–H and O–H groups in total. The van der Waals surface area contributed by atoms with Crippen LogP contribution in [0, 0.1) is 9.49 Å². The Bertz CT molecular complexity index is 938. The van der Waals surface area contributed by atoms with Crippen molar-refractivity contribution in [2.45, 2.75) is 13.0 Å². The number of halogens is 1. The van der Waals surface area contributed by atoms with Crippen LogP contribution < -0.4 is 16.2 Å². The number of thiocarbonyl (C=S) groups is 1. The van der Waals surface area contributed by atoms with Crippen LogP contribution in [0.2, 0.25) is 0 Å². The fraction of sp³-hybridized carbons (Fsp3) is 0.200. The van der Waals surface area contributed by atoms with Gasteiger partial charge in [-0.15, -0.1) is 0 Å². The van der Waals surface area contributed by atoms with Crippen LogP contribution in [-0.4, -0.2) is 34.3 Å². The first kappa shape index (κ1) is 21.2. The van der Waals surface area contributed by atoms with Crippen molar-refractivity contribution in [2.75, 3.05) is 6.54 Å². The third-order valence-electron chi connectivity index (χ3n) is 4.45. The van der Waals surface area contributed by atoms with Gasteiger partial charge in [-0.25, -0.2) is 0 Å². The fourth-order valence-electron chi connectivity index (χ4n) is 2.97. The van der Waals surface area contributed by atoms with Crippen molar-refractivity contribution in [3.05, 3.63) is 69.3 Å². The summed E-state index contributed by atoms with van der Waals surface area (Å²) in [5.74, 6) is -1.26. The van der Waals surface area contributed by atoms with E-state index in [4.69, 9.17) is 12.2 Å². The quantitative estimate of drug-likeness (QED) is 0.325. The van der Waals surface area contributed by atoms with Gasteiger partial charge in [0.05, 0.1) is 11.5 Å². The molecule has 1 fully saturated rings. The zero-order valence-electron chi connectivity index (χ0n) is 15.4. The summed E-state index contributed by atoms with van der Waals surface area (Å²) in [4.78, 5) is 38.5. The number of likely N-dealkylation sites (tertiary alicyclic amines) is 1. The van der Waals surface area contributed by atoms with E-state index in [1.807, 2.05) is 42.5 Å². The zero-order chi connectivity index (χ0) is 20.8. The molecular formula is C20H19IN4O3S. The normalized spacial score (nSPS) is 15.7. The van der Waals surface area contributed by atoms with E-state index in [1.165, 1.54) is 0 Å². The van der Waals surface area contributed by atoms with Crippen molar-refractivity contribution in [3.8, 4) is 0 Å². The maximum atomic E-state index is 12.4. The molecule has 1 aliphatic heterocycles. The Balaban J connectivity index is 1.47. The largest absolute Gasteiger partial charge is 0.338 e. The zero-order valence-corrected chi connectivity index (χ0v) is 18.3. The predicted molar refractivity (Wildman–Crippen MR) is 120 cm³/mol. The van der Waals surface area contributed by atoms with Crippen molar-refractivity contribution in [2.24, 2.45) is 5.92 Å². The van der Waals surface area contributed by atoms with Gasteiger partial charge in [0.15, 0.2) is 5.11 Å². The van der Waals surface area contributed by atoms with E-state index in [-0.39, 0.29) is 29.3 Å². The number of hydrogen-bond donors (Lipinski definition) is 3. The number of nitrogens with one attached hydrogen (secondary N) is 3. The second-order valence-electron chi connectivity index (χ2n) is 6.54. The second kappa shape index (κ2) is 9.79. The summed E-state index contributed by atoms with van der Waals surface area (Å²) >= 11 is 7.12. The van der Waals surface area contributed by atoms with Gasteiger partial charge in [-0.05, 0) is 52.5 Å². The number of carbonyl (C=O) groups excluding carboxylic acids is 3. The molecule has 9 heteroatoms. The molecule has 1 atom stereocenters. The molecule has 29 heavy (non-hydrogen) atoms. The van der Waals surface area contributed by atoms with E-state index < -0.39 is 5.92 Å². The molecule has 0 spiro atoms.